The zero-order valence-electron chi connectivity index (χ0n) is 10.5. The summed E-state index contributed by atoms with van der Waals surface area (Å²) in [6.07, 6.45) is 17.6. The van der Waals surface area contributed by atoms with Crippen LogP contribution in [0, 0.1) is 10.8 Å². The van der Waals surface area contributed by atoms with Gasteiger partial charge >= 0.3 is 0 Å². The fourth-order valence-electron chi connectivity index (χ4n) is 2.02. The molecule has 2 aliphatic heterocycles. The van der Waals surface area contributed by atoms with Gasteiger partial charge in [-0.2, -0.15) is 0 Å². The minimum atomic E-state index is 0.0494. The summed E-state index contributed by atoms with van der Waals surface area (Å²) in [6.45, 7) is 4.54. The lowest BCUT2D eigenvalue weighted by atomic mass is 9.64. The summed E-state index contributed by atoms with van der Waals surface area (Å²) in [5.74, 6) is 0. The highest BCUT2D eigenvalue weighted by atomic mass is 15.1. The molecule has 0 atom stereocenters. The van der Waals surface area contributed by atoms with Gasteiger partial charge < -0.3 is 9.80 Å². The van der Waals surface area contributed by atoms with Crippen LogP contribution < -0.4 is 0 Å². The lowest BCUT2D eigenvalue weighted by Gasteiger charge is -2.42. The maximum Gasteiger partial charge on any atom is 0.0192 e. The summed E-state index contributed by atoms with van der Waals surface area (Å²) >= 11 is 0. The third-order valence-electron chi connectivity index (χ3n) is 3.78. The van der Waals surface area contributed by atoms with Crippen molar-refractivity contribution in [1.29, 1.82) is 0 Å². The quantitative estimate of drug-likeness (QED) is 0.665. The van der Waals surface area contributed by atoms with Crippen LogP contribution in [0.1, 0.15) is 13.8 Å². The fraction of sp³-hybridized carbons (Fsp3) is 0.429. The maximum atomic E-state index is 2.27. The van der Waals surface area contributed by atoms with E-state index in [0.29, 0.717) is 0 Å². The topological polar surface area (TPSA) is 6.48 Å². The Kier molecular flexibility index (Phi) is 2.45. The Labute approximate surface area is 98.2 Å². The van der Waals surface area contributed by atoms with Gasteiger partial charge in [0, 0.05) is 49.7 Å². The lowest BCUT2D eigenvalue weighted by Crippen LogP contribution is -2.35. The van der Waals surface area contributed by atoms with Crippen molar-refractivity contribution in [2.45, 2.75) is 13.8 Å². The summed E-state index contributed by atoms with van der Waals surface area (Å²) in [6, 6.07) is 0. The third kappa shape index (κ3) is 1.69. The molecular weight excluding hydrogens is 196 g/mol. The predicted molar refractivity (Wildman–Crippen MR) is 68.3 cm³/mol. The molecule has 0 saturated carbocycles. The molecule has 16 heavy (non-hydrogen) atoms. The highest BCUT2D eigenvalue weighted by Gasteiger charge is 2.39. The largest absolute Gasteiger partial charge is 0.358 e. The smallest absolute Gasteiger partial charge is 0.0192 e. The second kappa shape index (κ2) is 3.55. The van der Waals surface area contributed by atoms with Gasteiger partial charge in [-0.25, -0.2) is 0 Å². The SMILES string of the molecule is CN1C=CC(C)(C2(C)C=CN(C)C=C2)C=C1. The molecule has 2 heteroatoms. The molecule has 0 aromatic carbocycles. The Hall–Kier alpha value is -1.44. The second-order valence-electron chi connectivity index (χ2n) is 5.16. The monoisotopic (exact) mass is 216 g/mol. The first kappa shape index (κ1) is 11.1. The number of nitrogens with zero attached hydrogens (tertiary/aromatic N) is 2. The average Bonchev–Trinajstić information content (AvgIpc) is 2.27. The zero-order valence-corrected chi connectivity index (χ0v) is 10.5. The minimum absolute atomic E-state index is 0.0494. The number of allylic oxidation sites excluding steroid dienone is 4. The fourth-order valence-corrected chi connectivity index (χ4v) is 2.02. The van der Waals surface area contributed by atoms with Crippen LogP contribution in [-0.2, 0) is 0 Å². The molecule has 0 bridgehead atoms. The predicted octanol–water partition coefficient (Wildman–Crippen LogP) is 2.94. The van der Waals surface area contributed by atoms with Crippen molar-refractivity contribution in [2.75, 3.05) is 14.1 Å². The first-order valence-electron chi connectivity index (χ1n) is 5.67. The van der Waals surface area contributed by atoms with Crippen molar-refractivity contribution in [1.82, 2.24) is 9.80 Å². The van der Waals surface area contributed by atoms with Gasteiger partial charge in [0.05, 0.1) is 0 Å². The summed E-state index contributed by atoms with van der Waals surface area (Å²) in [5, 5.41) is 0. The Morgan fingerprint density at radius 1 is 0.625 bits per heavy atom. The van der Waals surface area contributed by atoms with Crippen LogP contribution in [0.4, 0.5) is 0 Å². The molecule has 0 radical (unpaired) electrons. The van der Waals surface area contributed by atoms with Crippen LogP contribution in [0.15, 0.2) is 49.1 Å². The molecule has 2 aliphatic rings. The number of rotatable bonds is 1. The molecule has 0 fully saturated rings. The molecule has 0 aromatic heterocycles. The molecule has 0 unspecified atom stereocenters. The molecule has 2 rings (SSSR count). The molecule has 0 saturated heterocycles. The van der Waals surface area contributed by atoms with Crippen molar-refractivity contribution < 1.29 is 0 Å². The van der Waals surface area contributed by atoms with Crippen LogP contribution >= 0.6 is 0 Å². The minimum Gasteiger partial charge on any atom is -0.358 e. The molecule has 0 spiro atoms. The number of hydrogen-bond acceptors (Lipinski definition) is 2. The van der Waals surface area contributed by atoms with E-state index in [1.165, 1.54) is 0 Å². The summed E-state index contributed by atoms with van der Waals surface area (Å²) in [4.78, 5) is 4.15. The van der Waals surface area contributed by atoms with Gasteiger partial charge in [-0.15, -0.1) is 0 Å². The van der Waals surface area contributed by atoms with Crippen LogP contribution in [0.3, 0.4) is 0 Å². The maximum absolute atomic E-state index is 2.27. The van der Waals surface area contributed by atoms with Gasteiger partial charge in [-0.05, 0) is 0 Å². The van der Waals surface area contributed by atoms with Gasteiger partial charge in [0.25, 0.3) is 0 Å². The van der Waals surface area contributed by atoms with Gasteiger partial charge in [-0.1, -0.05) is 38.2 Å². The normalized spacial score (nSPS) is 25.2. The molecular formula is C14H20N2. The lowest BCUT2D eigenvalue weighted by molar-refractivity contribution is 0.290. The van der Waals surface area contributed by atoms with Crippen molar-refractivity contribution >= 4 is 0 Å². The Morgan fingerprint density at radius 3 is 1.12 bits per heavy atom. The van der Waals surface area contributed by atoms with Crippen LogP contribution in [0.5, 0.6) is 0 Å². The van der Waals surface area contributed by atoms with Crippen molar-refractivity contribution in [3.63, 3.8) is 0 Å². The summed E-state index contributed by atoms with van der Waals surface area (Å²) < 4.78 is 0. The van der Waals surface area contributed by atoms with Crippen LogP contribution in [-0.4, -0.2) is 23.9 Å². The van der Waals surface area contributed by atoms with E-state index in [4.69, 9.17) is 0 Å². The summed E-state index contributed by atoms with van der Waals surface area (Å²) in [5.41, 5.74) is 0.0987. The third-order valence-corrected chi connectivity index (χ3v) is 3.78. The van der Waals surface area contributed by atoms with Gasteiger partial charge in [0.1, 0.15) is 0 Å². The molecule has 86 valence electrons. The van der Waals surface area contributed by atoms with Crippen molar-refractivity contribution in [3.05, 3.63) is 49.1 Å². The first-order chi connectivity index (χ1) is 7.45. The van der Waals surface area contributed by atoms with Gasteiger partial charge in [0.15, 0.2) is 0 Å². The van der Waals surface area contributed by atoms with Crippen molar-refractivity contribution in [2.24, 2.45) is 10.8 Å². The average molecular weight is 216 g/mol. The van der Waals surface area contributed by atoms with Crippen LogP contribution in [0.2, 0.25) is 0 Å². The first-order valence-corrected chi connectivity index (χ1v) is 5.67. The summed E-state index contributed by atoms with van der Waals surface area (Å²) in [7, 11) is 4.10. The molecule has 0 aromatic rings. The van der Waals surface area contributed by atoms with E-state index in [1.807, 2.05) is 0 Å². The van der Waals surface area contributed by atoms with Crippen LogP contribution in [0.25, 0.3) is 0 Å². The van der Waals surface area contributed by atoms with E-state index in [2.05, 4.69) is 86.8 Å². The number of hydrogen-bond donors (Lipinski definition) is 0. The molecule has 0 amide bonds. The van der Waals surface area contributed by atoms with Gasteiger partial charge in [0.2, 0.25) is 0 Å². The van der Waals surface area contributed by atoms with E-state index < -0.39 is 0 Å². The van der Waals surface area contributed by atoms with Gasteiger partial charge in [-0.3, -0.25) is 0 Å². The van der Waals surface area contributed by atoms with E-state index in [-0.39, 0.29) is 10.8 Å². The molecule has 0 N–H and O–H groups in total. The molecule has 2 heterocycles. The molecule has 0 aliphatic carbocycles. The Balaban J connectivity index is 2.31. The zero-order chi connectivity index (χ0) is 11.8. The highest BCUT2D eigenvalue weighted by Crippen LogP contribution is 2.46. The highest BCUT2D eigenvalue weighted by molar-refractivity contribution is 5.30. The second-order valence-corrected chi connectivity index (χ2v) is 5.16. The van der Waals surface area contributed by atoms with Crippen molar-refractivity contribution in [3.8, 4) is 0 Å². The Bertz CT molecular complexity index is 322. The standard InChI is InChI=1S/C14H20N2/c1-13(5-9-15(3)10-6-13)14(2)7-11-16(4)12-8-14/h5-12H,1-4H3. The van der Waals surface area contributed by atoms with E-state index in [9.17, 15) is 0 Å². The Morgan fingerprint density at radius 2 is 0.875 bits per heavy atom. The van der Waals surface area contributed by atoms with E-state index >= 15 is 0 Å². The molecule has 2 nitrogen and oxygen atoms in total. The van der Waals surface area contributed by atoms with E-state index in [0.717, 1.165) is 0 Å². The van der Waals surface area contributed by atoms with E-state index in [1.54, 1.807) is 0 Å².